The lowest BCUT2D eigenvalue weighted by Gasteiger charge is -2.14. The first kappa shape index (κ1) is 15.0. The van der Waals surface area contributed by atoms with Crippen molar-refractivity contribution in [3.63, 3.8) is 0 Å². The van der Waals surface area contributed by atoms with Crippen LogP contribution in [-0.4, -0.2) is 27.2 Å². The molecular formula is C13H17ClN4OS. The Hall–Kier alpha value is -1.40. The second kappa shape index (κ2) is 6.85. The molecule has 0 aliphatic heterocycles. The first-order chi connectivity index (χ1) is 9.61. The number of halogens is 1. The van der Waals surface area contributed by atoms with E-state index in [0.29, 0.717) is 16.2 Å². The molecule has 2 N–H and O–H groups in total. The molecule has 1 atom stereocenters. The summed E-state index contributed by atoms with van der Waals surface area (Å²) in [6, 6.07) is 3.75. The zero-order valence-corrected chi connectivity index (χ0v) is 13.0. The van der Waals surface area contributed by atoms with E-state index >= 15 is 0 Å². The van der Waals surface area contributed by atoms with Gasteiger partial charge in [-0.1, -0.05) is 24.9 Å². The summed E-state index contributed by atoms with van der Waals surface area (Å²) in [6.07, 6.45) is 2.02. The van der Waals surface area contributed by atoms with E-state index in [9.17, 15) is 4.79 Å². The highest BCUT2D eigenvalue weighted by Crippen LogP contribution is 2.29. The van der Waals surface area contributed by atoms with Crippen molar-refractivity contribution in [2.45, 2.75) is 32.7 Å². The topological polar surface area (TPSA) is 66.9 Å². The summed E-state index contributed by atoms with van der Waals surface area (Å²) in [5.74, 6) is -0.0535. The molecule has 1 heterocycles. The molecular weight excluding hydrogens is 296 g/mol. The van der Waals surface area contributed by atoms with Crippen molar-refractivity contribution in [2.75, 3.05) is 11.9 Å². The maximum absolute atomic E-state index is 11.8. The van der Waals surface area contributed by atoms with Gasteiger partial charge in [-0.15, -0.1) is 0 Å². The molecule has 2 rings (SSSR count). The number of nitrogens with one attached hydrogen (secondary N) is 2. The number of hydrogen-bond acceptors (Lipinski definition) is 5. The molecule has 0 radical (unpaired) electrons. The molecule has 1 aromatic heterocycles. The van der Waals surface area contributed by atoms with E-state index in [1.807, 2.05) is 13.0 Å². The van der Waals surface area contributed by atoms with E-state index in [2.05, 4.69) is 26.3 Å². The first-order valence-corrected chi connectivity index (χ1v) is 7.66. The van der Waals surface area contributed by atoms with E-state index in [4.69, 9.17) is 11.6 Å². The fourth-order valence-electron chi connectivity index (χ4n) is 1.99. The smallest absolute Gasteiger partial charge is 0.239 e. The number of anilines is 1. The molecule has 0 spiro atoms. The van der Waals surface area contributed by atoms with Crippen molar-refractivity contribution in [3.05, 3.63) is 17.2 Å². The molecule has 0 saturated carbocycles. The Morgan fingerprint density at radius 3 is 3.00 bits per heavy atom. The lowest BCUT2D eigenvalue weighted by Crippen LogP contribution is -2.36. The van der Waals surface area contributed by atoms with Crippen LogP contribution < -0.4 is 10.6 Å². The molecule has 1 aromatic carbocycles. The summed E-state index contributed by atoms with van der Waals surface area (Å²) in [5, 5.41) is 6.53. The van der Waals surface area contributed by atoms with Crippen molar-refractivity contribution in [2.24, 2.45) is 0 Å². The number of benzene rings is 1. The maximum atomic E-state index is 11.8. The van der Waals surface area contributed by atoms with Crippen LogP contribution in [0.1, 0.15) is 26.7 Å². The number of hydrogen-bond donors (Lipinski definition) is 2. The van der Waals surface area contributed by atoms with Crippen molar-refractivity contribution >= 4 is 46.0 Å². The highest BCUT2D eigenvalue weighted by molar-refractivity contribution is 7.00. The second-order valence-corrected chi connectivity index (χ2v) is 5.60. The van der Waals surface area contributed by atoms with Crippen molar-refractivity contribution in [1.29, 1.82) is 0 Å². The number of rotatable bonds is 6. The van der Waals surface area contributed by atoms with Crippen LogP contribution in [0, 0.1) is 0 Å². The van der Waals surface area contributed by atoms with Gasteiger partial charge in [-0.25, -0.2) is 0 Å². The average Bonchev–Trinajstić information content (AvgIpc) is 2.86. The standard InChI is InChI=1S/C13H17ClN4OS/c1-3-4-8(2)16-11(19)7-15-12-9(14)5-6-10-13(12)18-20-17-10/h5-6,8,15H,3-4,7H2,1-2H3,(H,16,19). The second-order valence-electron chi connectivity index (χ2n) is 4.67. The molecule has 1 amide bonds. The van der Waals surface area contributed by atoms with Crippen LogP contribution in [-0.2, 0) is 4.79 Å². The van der Waals surface area contributed by atoms with Crippen molar-refractivity contribution in [3.8, 4) is 0 Å². The predicted octanol–water partition coefficient (Wildman–Crippen LogP) is 3.06. The summed E-state index contributed by atoms with van der Waals surface area (Å²) in [7, 11) is 0. The monoisotopic (exact) mass is 312 g/mol. The molecule has 7 heteroatoms. The largest absolute Gasteiger partial charge is 0.373 e. The highest BCUT2D eigenvalue weighted by Gasteiger charge is 2.12. The third kappa shape index (κ3) is 3.58. The molecule has 2 aromatic rings. The Bertz CT molecular complexity index is 601. The van der Waals surface area contributed by atoms with Crippen LogP contribution in [0.15, 0.2) is 12.1 Å². The summed E-state index contributed by atoms with van der Waals surface area (Å²) in [6.45, 7) is 4.26. The normalized spacial score (nSPS) is 12.3. The average molecular weight is 313 g/mol. The number of fused-ring (bicyclic) bond motifs is 1. The SMILES string of the molecule is CCCC(C)NC(=O)CNc1c(Cl)ccc2nsnc12. The number of aromatic nitrogens is 2. The fraction of sp³-hybridized carbons (Fsp3) is 0.462. The summed E-state index contributed by atoms with van der Waals surface area (Å²) < 4.78 is 8.35. The van der Waals surface area contributed by atoms with E-state index in [-0.39, 0.29) is 18.5 Å². The van der Waals surface area contributed by atoms with Gasteiger partial charge in [-0.2, -0.15) is 8.75 Å². The Balaban J connectivity index is 2.00. The van der Waals surface area contributed by atoms with Crippen LogP contribution in [0.25, 0.3) is 11.0 Å². The number of nitrogens with zero attached hydrogens (tertiary/aromatic N) is 2. The van der Waals surface area contributed by atoms with Gasteiger partial charge < -0.3 is 10.6 Å². The Kier molecular flexibility index (Phi) is 5.14. The third-order valence-corrected chi connectivity index (χ3v) is 3.79. The molecule has 0 bridgehead atoms. The molecule has 1 unspecified atom stereocenters. The molecule has 0 aliphatic carbocycles. The molecule has 0 fully saturated rings. The maximum Gasteiger partial charge on any atom is 0.239 e. The Morgan fingerprint density at radius 2 is 2.25 bits per heavy atom. The van der Waals surface area contributed by atoms with Gasteiger partial charge in [0, 0.05) is 6.04 Å². The molecule has 5 nitrogen and oxygen atoms in total. The summed E-state index contributed by atoms with van der Waals surface area (Å²) >= 11 is 7.27. The molecule has 20 heavy (non-hydrogen) atoms. The van der Waals surface area contributed by atoms with Gasteiger partial charge >= 0.3 is 0 Å². The quantitative estimate of drug-likeness (QED) is 0.860. The van der Waals surface area contributed by atoms with Gasteiger partial charge in [-0.3, -0.25) is 4.79 Å². The van der Waals surface area contributed by atoms with Crippen molar-refractivity contribution in [1.82, 2.24) is 14.1 Å². The molecule has 0 aliphatic rings. The first-order valence-electron chi connectivity index (χ1n) is 6.55. The lowest BCUT2D eigenvalue weighted by atomic mass is 10.2. The Labute approximate surface area is 127 Å². The van der Waals surface area contributed by atoms with E-state index in [0.717, 1.165) is 30.1 Å². The molecule has 0 saturated heterocycles. The minimum atomic E-state index is -0.0535. The van der Waals surface area contributed by atoms with Gasteiger partial charge in [0.2, 0.25) is 5.91 Å². The minimum Gasteiger partial charge on any atom is -0.373 e. The molecule has 108 valence electrons. The lowest BCUT2D eigenvalue weighted by molar-refractivity contribution is -0.120. The van der Waals surface area contributed by atoms with Gasteiger partial charge in [0.15, 0.2) is 0 Å². The number of carbonyl (C=O) groups is 1. The van der Waals surface area contributed by atoms with E-state index < -0.39 is 0 Å². The third-order valence-electron chi connectivity index (χ3n) is 2.93. The van der Waals surface area contributed by atoms with Crippen LogP contribution in [0.3, 0.4) is 0 Å². The van der Waals surface area contributed by atoms with E-state index in [1.54, 1.807) is 6.07 Å². The van der Waals surface area contributed by atoms with Crippen LogP contribution in [0.4, 0.5) is 5.69 Å². The summed E-state index contributed by atoms with van der Waals surface area (Å²) in [5.41, 5.74) is 2.15. The predicted molar refractivity (Wildman–Crippen MR) is 83.4 cm³/mol. The van der Waals surface area contributed by atoms with Gasteiger partial charge in [-0.05, 0) is 25.5 Å². The van der Waals surface area contributed by atoms with E-state index in [1.165, 1.54) is 0 Å². The van der Waals surface area contributed by atoms with Crippen LogP contribution in [0.2, 0.25) is 5.02 Å². The highest BCUT2D eigenvalue weighted by atomic mass is 35.5. The van der Waals surface area contributed by atoms with Gasteiger partial charge in [0.25, 0.3) is 0 Å². The zero-order valence-electron chi connectivity index (χ0n) is 11.4. The Morgan fingerprint density at radius 1 is 1.45 bits per heavy atom. The fourth-order valence-corrected chi connectivity index (χ4v) is 2.76. The van der Waals surface area contributed by atoms with Crippen LogP contribution in [0.5, 0.6) is 0 Å². The van der Waals surface area contributed by atoms with Crippen molar-refractivity contribution < 1.29 is 4.79 Å². The van der Waals surface area contributed by atoms with Gasteiger partial charge in [0.1, 0.15) is 11.0 Å². The minimum absolute atomic E-state index is 0.0535. The van der Waals surface area contributed by atoms with Crippen LogP contribution >= 0.6 is 23.3 Å². The number of carbonyl (C=O) groups excluding carboxylic acids is 1. The summed E-state index contributed by atoms with van der Waals surface area (Å²) in [4.78, 5) is 11.8. The number of amides is 1. The van der Waals surface area contributed by atoms with Gasteiger partial charge in [0.05, 0.1) is 29.0 Å². The zero-order chi connectivity index (χ0) is 14.5.